The lowest BCUT2D eigenvalue weighted by molar-refractivity contribution is 0.157. The molecule has 26 heavy (non-hydrogen) atoms. The lowest BCUT2D eigenvalue weighted by Crippen LogP contribution is -2.45. The number of nitrogens with zero attached hydrogens (tertiary/aromatic N) is 1. The van der Waals surface area contributed by atoms with Crippen LogP contribution in [0.1, 0.15) is 13.3 Å². The Kier molecular flexibility index (Phi) is 6.53. The quantitative estimate of drug-likeness (QED) is 0.722. The minimum atomic E-state index is -4.23. The van der Waals surface area contributed by atoms with E-state index < -0.39 is 28.0 Å². The zero-order chi connectivity index (χ0) is 19.5. The molecule has 2 rings (SSSR count). The Hall–Kier alpha value is -1.78. The summed E-state index contributed by atoms with van der Waals surface area (Å²) in [5, 5.41) is 10.7. The van der Waals surface area contributed by atoms with Crippen LogP contribution in [0, 0.1) is 18.2 Å². The first-order chi connectivity index (χ1) is 12.2. The van der Waals surface area contributed by atoms with Crippen LogP contribution in [0.25, 0.3) is 0 Å². The molecule has 8 heteroatoms. The molecule has 2 aromatic carbocycles. The molecule has 0 fully saturated rings. The summed E-state index contributed by atoms with van der Waals surface area (Å²) in [6.45, 7) is 1.44. The average Bonchev–Trinajstić information content (AvgIpc) is 2.58. The zero-order valence-electron chi connectivity index (χ0n) is 13.7. The van der Waals surface area contributed by atoms with Gasteiger partial charge in [-0.3, -0.25) is 4.31 Å². The number of rotatable bonds is 6. The second-order valence-corrected chi connectivity index (χ2v) is 8.25. The Labute approximate surface area is 162 Å². The number of halogens is 3. The fraction of sp³-hybridized carbons (Fsp3) is 0.222. The van der Waals surface area contributed by atoms with Gasteiger partial charge in [-0.1, -0.05) is 23.2 Å². The predicted molar refractivity (Wildman–Crippen MR) is 101 cm³/mol. The Balaban J connectivity index is 2.65. The van der Waals surface area contributed by atoms with Crippen molar-refractivity contribution in [1.29, 1.82) is 0 Å². The SMILES string of the molecule is C#CCC(O)C(C)N(c1cc(Cl)ccc1F)S(=O)(=O)c1ccc(Cl)cc1. The molecular formula is C18H16Cl2FNO3S. The largest absolute Gasteiger partial charge is 0.390 e. The molecule has 0 aliphatic heterocycles. The molecule has 4 nitrogen and oxygen atoms in total. The minimum Gasteiger partial charge on any atom is -0.390 e. The van der Waals surface area contributed by atoms with E-state index in [-0.39, 0.29) is 22.0 Å². The van der Waals surface area contributed by atoms with Crippen molar-refractivity contribution < 1.29 is 17.9 Å². The van der Waals surface area contributed by atoms with Crippen molar-refractivity contribution in [1.82, 2.24) is 0 Å². The zero-order valence-corrected chi connectivity index (χ0v) is 16.1. The first-order valence-corrected chi connectivity index (χ1v) is 9.74. The summed E-state index contributed by atoms with van der Waals surface area (Å²) in [5.41, 5.74) is -0.281. The van der Waals surface area contributed by atoms with Crippen molar-refractivity contribution in [2.75, 3.05) is 4.31 Å². The van der Waals surface area contributed by atoms with Crippen molar-refractivity contribution in [3.8, 4) is 12.3 Å². The van der Waals surface area contributed by atoms with E-state index >= 15 is 0 Å². The summed E-state index contributed by atoms with van der Waals surface area (Å²) in [7, 11) is -4.23. The van der Waals surface area contributed by atoms with Gasteiger partial charge in [-0.25, -0.2) is 12.8 Å². The first-order valence-electron chi connectivity index (χ1n) is 7.55. The smallest absolute Gasteiger partial charge is 0.264 e. The number of terminal acetylenes is 1. The van der Waals surface area contributed by atoms with E-state index in [2.05, 4.69) is 5.92 Å². The summed E-state index contributed by atoms with van der Waals surface area (Å²) in [5.74, 6) is 1.47. The van der Waals surface area contributed by atoms with Crippen LogP contribution in [-0.2, 0) is 10.0 Å². The van der Waals surface area contributed by atoms with Gasteiger partial charge in [-0.05, 0) is 49.4 Å². The van der Waals surface area contributed by atoms with Gasteiger partial charge in [0.05, 0.1) is 22.7 Å². The third kappa shape index (κ3) is 4.30. The molecule has 0 saturated heterocycles. The van der Waals surface area contributed by atoms with E-state index in [4.69, 9.17) is 29.6 Å². The van der Waals surface area contributed by atoms with Gasteiger partial charge in [0.25, 0.3) is 10.0 Å². The maximum atomic E-state index is 14.4. The molecule has 0 saturated carbocycles. The number of sulfonamides is 1. The van der Waals surface area contributed by atoms with Crippen molar-refractivity contribution in [2.45, 2.75) is 30.4 Å². The summed E-state index contributed by atoms with van der Waals surface area (Å²) < 4.78 is 41.6. The van der Waals surface area contributed by atoms with Gasteiger partial charge in [0, 0.05) is 16.5 Å². The third-order valence-electron chi connectivity index (χ3n) is 3.77. The molecule has 0 bridgehead atoms. The summed E-state index contributed by atoms with van der Waals surface area (Å²) >= 11 is 11.7. The van der Waals surface area contributed by atoms with Crippen molar-refractivity contribution in [3.63, 3.8) is 0 Å². The highest BCUT2D eigenvalue weighted by Crippen LogP contribution is 2.32. The molecule has 0 aliphatic rings. The number of anilines is 1. The molecule has 1 N–H and O–H groups in total. The predicted octanol–water partition coefficient (Wildman–Crippen LogP) is 4.10. The highest BCUT2D eigenvalue weighted by atomic mass is 35.5. The van der Waals surface area contributed by atoms with Gasteiger partial charge in [0.2, 0.25) is 0 Å². The molecule has 138 valence electrons. The van der Waals surface area contributed by atoms with Crippen LogP contribution in [0.3, 0.4) is 0 Å². The van der Waals surface area contributed by atoms with Gasteiger partial charge in [-0.2, -0.15) is 0 Å². The summed E-state index contributed by atoms with van der Waals surface area (Å²) in [4.78, 5) is -0.110. The van der Waals surface area contributed by atoms with Gasteiger partial charge >= 0.3 is 0 Å². The fourth-order valence-electron chi connectivity index (χ4n) is 2.39. The standard InChI is InChI=1S/C18H16Cl2FNO3S/c1-3-4-18(23)12(2)22(17-11-14(20)7-10-16(17)21)26(24,25)15-8-5-13(19)6-9-15/h1,5-12,18,23H,4H2,2H3. The lowest BCUT2D eigenvalue weighted by Gasteiger charge is -2.33. The van der Waals surface area contributed by atoms with Gasteiger partial charge in [-0.15, -0.1) is 12.3 Å². The molecule has 0 aromatic heterocycles. The topological polar surface area (TPSA) is 57.6 Å². The van der Waals surface area contributed by atoms with Gasteiger partial charge in [0.15, 0.2) is 0 Å². The second kappa shape index (κ2) is 8.28. The fourth-order valence-corrected chi connectivity index (χ4v) is 4.37. The Morgan fingerprint density at radius 1 is 1.19 bits per heavy atom. The second-order valence-electron chi connectivity index (χ2n) is 5.57. The highest BCUT2D eigenvalue weighted by Gasteiger charge is 2.34. The molecule has 0 spiro atoms. The molecule has 0 aliphatic carbocycles. The van der Waals surface area contributed by atoms with Crippen LogP contribution in [0.15, 0.2) is 47.4 Å². The molecule has 2 unspecified atom stereocenters. The molecule has 2 aromatic rings. The Bertz CT molecular complexity index is 926. The van der Waals surface area contributed by atoms with E-state index in [0.29, 0.717) is 5.02 Å². The third-order valence-corrected chi connectivity index (χ3v) is 6.17. The van der Waals surface area contributed by atoms with E-state index in [1.807, 2.05) is 0 Å². The van der Waals surface area contributed by atoms with E-state index in [1.165, 1.54) is 43.3 Å². The highest BCUT2D eigenvalue weighted by molar-refractivity contribution is 7.92. The van der Waals surface area contributed by atoms with Gasteiger partial charge in [0.1, 0.15) is 5.82 Å². The summed E-state index contributed by atoms with van der Waals surface area (Å²) in [6, 6.07) is 7.91. The van der Waals surface area contributed by atoms with Crippen LogP contribution < -0.4 is 4.31 Å². The molecular weight excluding hydrogens is 400 g/mol. The maximum absolute atomic E-state index is 14.4. The van der Waals surface area contributed by atoms with Crippen LogP contribution >= 0.6 is 23.2 Å². The van der Waals surface area contributed by atoms with E-state index in [0.717, 1.165) is 10.4 Å². The maximum Gasteiger partial charge on any atom is 0.264 e. The molecule has 0 amide bonds. The number of hydrogen-bond acceptors (Lipinski definition) is 3. The minimum absolute atomic E-state index is 0.101. The van der Waals surface area contributed by atoms with Crippen molar-refractivity contribution in [3.05, 3.63) is 58.3 Å². The van der Waals surface area contributed by atoms with Crippen LogP contribution in [0.4, 0.5) is 10.1 Å². The van der Waals surface area contributed by atoms with Crippen LogP contribution in [-0.4, -0.2) is 25.7 Å². The monoisotopic (exact) mass is 415 g/mol. The lowest BCUT2D eigenvalue weighted by atomic mass is 10.1. The first kappa shape index (κ1) is 20.5. The number of hydrogen-bond donors (Lipinski definition) is 1. The molecule has 0 radical (unpaired) electrons. The number of aliphatic hydroxyl groups is 1. The van der Waals surface area contributed by atoms with Crippen LogP contribution in [0.2, 0.25) is 10.0 Å². The normalized spacial score (nSPS) is 13.7. The number of aliphatic hydroxyl groups excluding tert-OH is 1. The van der Waals surface area contributed by atoms with E-state index in [9.17, 15) is 17.9 Å². The molecule has 2 atom stereocenters. The van der Waals surface area contributed by atoms with Crippen molar-refractivity contribution in [2.24, 2.45) is 0 Å². The molecule has 0 heterocycles. The summed E-state index contributed by atoms with van der Waals surface area (Å²) in [6.07, 6.45) is 3.90. The van der Waals surface area contributed by atoms with E-state index in [1.54, 1.807) is 0 Å². The average molecular weight is 416 g/mol. The van der Waals surface area contributed by atoms with Crippen LogP contribution in [0.5, 0.6) is 0 Å². The van der Waals surface area contributed by atoms with Crippen molar-refractivity contribution >= 4 is 38.9 Å². The van der Waals surface area contributed by atoms with Gasteiger partial charge < -0.3 is 5.11 Å². The Morgan fingerprint density at radius 2 is 1.77 bits per heavy atom. The number of benzene rings is 2. The Morgan fingerprint density at radius 3 is 2.35 bits per heavy atom.